The molecule has 0 bridgehead atoms. The fourth-order valence-electron chi connectivity index (χ4n) is 5.50. The van der Waals surface area contributed by atoms with Crippen molar-refractivity contribution >= 4 is 40.2 Å². The number of nitrogens with zero attached hydrogens (tertiary/aromatic N) is 4. The van der Waals surface area contributed by atoms with Crippen LogP contribution in [-0.2, 0) is 9.53 Å². The maximum absolute atomic E-state index is 13.1. The first-order valence-corrected chi connectivity index (χ1v) is 15.3. The van der Waals surface area contributed by atoms with E-state index in [-0.39, 0.29) is 18.1 Å². The van der Waals surface area contributed by atoms with Crippen LogP contribution in [0.4, 0.5) is 5.69 Å². The van der Waals surface area contributed by atoms with Crippen molar-refractivity contribution in [1.29, 1.82) is 0 Å². The lowest BCUT2D eigenvalue weighted by molar-refractivity contribution is -0.134. The van der Waals surface area contributed by atoms with Crippen LogP contribution in [0.2, 0.25) is 5.02 Å². The zero-order valence-electron chi connectivity index (χ0n) is 25.8. The molecule has 1 saturated heterocycles. The van der Waals surface area contributed by atoms with Gasteiger partial charge in [-0.05, 0) is 91.3 Å². The first-order valence-electron chi connectivity index (χ1n) is 14.9. The maximum atomic E-state index is 13.1. The molecule has 5 aromatic rings. The fourth-order valence-corrected chi connectivity index (χ4v) is 5.67. The first-order chi connectivity index (χ1) is 22.3. The van der Waals surface area contributed by atoms with Gasteiger partial charge in [0.05, 0.1) is 42.2 Å². The quantitative estimate of drug-likeness (QED) is 0.180. The van der Waals surface area contributed by atoms with Gasteiger partial charge in [-0.1, -0.05) is 17.7 Å². The van der Waals surface area contributed by atoms with Crippen LogP contribution >= 0.6 is 11.6 Å². The second-order valence-corrected chi connectivity index (χ2v) is 11.4. The largest absolute Gasteiger partial charge is 0.497 e. The Morgan fingerprint density at radius 3 is 1.91 bits per heavy atom. The molecule has 1 aliphatic rings. The summed E-state index contributed by atoms with van der Waals surface area (Å²) in [5.41, 5.74) is 6.66. The Labute approximate surface area is 272 Å². The smallest absolute Gasteiger partial charge is 0.338 e. The van der Waals surface area contributed by atoms with Gasteiger partial charge in [0.25, 0.3) is 5.91 Å². The highest BCUT2D eigenvalue weighted by Crippen LogP contribution is 2.33. The van der Waals surface area contributed by atoms with Crippen molar-refractivity contribution in [2.45, 2.75) is 6.92 Å². The Morgan fingerprint density at radius 2 is 1.33 bits per heavy atom. The molecule has 0 spiro atoms. The van der Waals surface area contributed by atoms with Crippen molar-refractivity contribution in [2.24, 2.45) is 0 Å². The van der Waals surface area contributed by atoms with E-state index in [0.29, 0.717) is 53.6 Å². The molecule has 10 heteroatoms. The Hall–Kier alpha value is -5.15. The number of carbonyl (C=O) groups excluding carboxylic acids is 2. The lowest BCUT2D eigenvalue weighted by atomic mass is 10.0. The molecule has 0 radical (unpaired) electrons. The number of halogens is 1. The molecule has 0 unspecified atom stereocenters. The van der Waals surface area contributed by atoms with Gasteiger partial charge in [0.2, 0.25) is 0 Å². The minimum Gasteiger partial charge on any atom is -0.497 e. The summed E-state index contributed by atoms with van der Waals surface area (Å²) >= 11 is 6.20. The Morgan fingerprint density at radius 1 is 0.739 bits per heavy atom. The monoisotopic (exact) mass is 636 g/mol. The molecule has 1 fully saturated rings. The van der Waals surface area contributed by atoms with Crippen molar-refractivity contribution in [2.75, 3.05) is 51.9 Å². The number of carbonyl (C=O) groups is 2. The number of amides is 1. The van der Waals surface area contributed by atoms with Gasteiger partial charge in [-0.25, -0.2) is 14.8 Å². The Bertz CT molecular complexity index is 1890. The average molecular weight is 637 g/mol. The van der Waals surface area contributed by atoms with E-state index in [1.165, 1.54) is 0 Å². The number of hydrogen-bond acceptors (Lipinski definition) is 8. The van der Waals surface area contributed by atoms with Crippen molar-refractivity contribution in [3.8, 4) is 34.0 Å². The summed E-state index contributed by atoms with van der Waals surface area (Å²) in [4.78, 5) is 39.8. The highest BCUT2D eigenvalue weighted by Gasteiger charge is 2.24. The molecule has 0 atom stereocenters. The molecule has 6 rings (SSSR count). The molecule has 4 aromatic carbocycles. The summed E-state index contributed by atoms with van der Waals surface area (Å²) < 4.78 is 16.1. The van der Waals surface area contributed by atoms with Gasteiger partial charge in [0, 0.05) is 48.0 Å². The molecular formula is C36H33ClN4O5. The molecule has 0 saturated carbocycles. The second kappa shape index (κ2) is 13.5. The van der Waals surface area contributed by atoms with Crippen LogP contribution in [0.15, 0.2) is 84.9 Å². The number of methoxy groups -OCH3 is 2. The summed E-state index contributed by atoms with van der Waals surface area (Å²) in [6.07, 6.45) is 0. The molecule has 2 heterocycles. The normalized spacial score (nSPS) is 13.0. The van der Waals surface area contributed by atoms with Crippen molar-refractivity contribution in [3.05, 3.63) is 101 Å². The van der Waals surface area contributed by atoms with E-state index in [2.05, 4.69) is 4.90 Å². The van der Waals surface area contributed by atoms with Crippen LogP contribution < -0.4 is 14.4 Å². The highest BCUT2D eigenvalue weighted by atomic mass is 35.5. The lowest BCUT2D eigenvalue weighted by Gasteiger charge is -2.36. The van der Waals surface area contributed by atoms with Crippen LogP contribution in [0.25, 0.3) is 33.5 Å². The van der Waals surface area contributed by atoms with Gasteiger partial charge in [0.1, 0.15) is 11.5 Å². The third kappa shape index (κ3) is 6.60. The van der Waals surface area contributed by atoms with Crippen LogP contribution in [-0.4, -0.2) is 73.7 Å². The number of esters is 1. The topological polar surface area (TPSA) is 94.1 Å². The predicted octanol–water partition coefficient (Wildman–Crippen LogP) is 6.45. The Kier molecular flexibility index (Phi) is 9.03. The molecule has 46 heavy (non-hydrogen) atoms. The van der Waals surface area contributed by atoms with E-state index >= 15 is 0 Å². The third-order valence-corrected chi connectivity index (χ3v) is 8.33. The molecule has 0 N–H and O–H groups in total. The molecular weight excluding hydrogens is 604 g/mol. The standard InChI is InChI=1S/C36H33ClN4O5/c1-23-4-10-27(37)21-32(23)40-16-18-41(19-17-40)33(42)22-46-36(43)26-9-15-30-31(20-26)39-35(25-7-13-29(45-3)14-8-25)34(38-30)24-5-11-28(44-2)12-6-24/h4-15,20-21H,16-19,22H2,1-3H3. The molecule has 9 nitrogen and oxygen atoms in total. The fraction of sp³-hybridized carbons (Fsp3) is 0.222. The van der Waals surface area contributed by atoms with Crippen molar-refractivity contribution in [1.82, 2.24) is 14.9 Å². The van der Waals surface area contributed by atoms with Crippen LogP contribution in [0.3, 0.4) is 0 Å². The van der Waals surface area contributed by atoms with E-state index in [1.807, 2.05) is 73.7 Å². The number of rotatable bonds is 8. The molecule has 1 aromatic heterocycles. The van der Waals surface area contributed by atoms with Crippen molar-refractivity contribution in [3.63, 3.8) is 0 Å². The van der Waals surface area contributed by atoms with E-state index in [1.54, 1.807) is 37.3 Å². The Balaban J connectivity index is 1.18. The predicted molar refractivity (Wildman–Crippen MR) is 179 cm³/mol. The summed E-state index contributed by atoms with van der Waals surface area (Å²) in [6, 6.07) is 26.0. The number of aryl methyl sites for hydroxylation is 1. The van der Waals surface area contributed by atoms with Crippen LogP contribution in [0.1, 0.15) is 15.9 Å². The number of hydrogen-bond donors (Lipinski definition) is 0. The maximum Gasteiger partial charge on any atom is 0.338 e. The molecule has 234 valence electrons. The number of fused-ring (bicyclic) bond motifs is 1. The van der Waals surface area contributed by atoms with E-state index in [9.17, 15) is 9.59 Å². The summed E-state index contributed by atoms with van der Waals surface area (Å²) in [6.45, 7) is 4.09. The zero-order valence-corrected chi connectivity index (χ0v) is 26.6. The minimum atomic E-state index is -0.601. The van der Waals surface area contributed by atoms with Gasteiger partial charge in [-0.2, -0.15) is 0 Å². The SMILES string of the molecule is COc1ccc(-c2nc3ccc(C(=O)OCC(=O)N4CCN(c5cc(Cl)ccc5C)CC4)cc3nc2-c2ccc(OC)cc2)cc1. The second-order valence-electron chi connectivity index (χ2n) is 11.0. The first kappa shape index (κ1) is 30.9. The van der Waals surface area contributed by atoms with Gasteiger partial charge in [-0.3, -0.25) is 4.79 Å². The molecule has 1 aliphatic heterocycles. The summed E-state index contributed by atoms with van der Waals surface area (Å²) in [5, 5.41) is 0.681. The number of benzene rings is 4. The summed E-state index contributed by atoms with van der Waals surface area (Å²) in [5.74, 6) is 0.624. The summed E-state index contributed by atoms with van der Waals surface area (Å²) in [7, 11) is 3.24. The number of aromatic nitrogens is 2. The molecule has 1 amide bonds. The van der Waals surface area contributed by atoms with Gasteiger partial charge in [0.15, 0.2) is 6.61 Å². The van der Waals surface area contributed by atoms with Gasteiger partial charge < -0.3 is 24.0 Å². The van der Waals surface area contributed by atoms with E-state index in [4.69, 9.17) is 35.8 Å². The van der Waals surface area contributed by atoms with E-state index in [0.717, 1.165) is 33.9 Å². The lowest BCUT2D eigenvalue weighted by Crippen LogP contribution is -2.50. The van der Waals surface area contributed by atoms with Crippen molar-refractivity contribution < 1.29 is 23.8 Å². The number of piperazine rings is 1. The van der Waals surface area contributed by atoms with Gasteiger partial charge in [-0.15, -0.1) is 0 Å². The number of ether oxygens (including phenoxy) is 3. The van der Waals surface area contributed by atoms with Gasteiger partial charge >= 0.3 is 5.97 Å². The van der Waals surface area contributed by atoms with E-state index < -0.39 is 5.97 Å². The average Bonchev–Trinajstić information content (AvgIpc) is 3.10. The molecule has 0 aliphatic carbocycles. The highest BCUT2D eigenvalue weighted by molar-refractivity contribution is 6.30. The number of anilines is 1. The zero-order chi connectivity index (χ0) is 32.2. The van der Waals surface area contributed by atoms with Crippen LogP contribution in [0.5, 0.6) is 11.5 Å². The minimum absolute atomic E-state index is 0.234. The third-order valence-electron chi connectivity index (χ3n) is 8.10. The van der Waals surface area contributed by atoms with Crippen LogP contribution in [0, 0.1) is 6.92 Å².